The Morgan fingerprint density at radius 1 is 0.875 bits per heavy atom. The third kappa shape index (κ3) is 6.68. The summed E-state index contributed by atoms with van der Waals surface area (Å²) in [5.74, 6) is -0.352. The van der Waals surface area contributed by atoms with Crippen molar-refractivity contribution in [2.75, 3.05) is 6.61 Å². The number of halogens is 4. The number of hydrogen-bond acceptors (Lipinski definition) is 3. The van der Waals surface area contributed by atoms with Gasteiger partial charge in [-0.15, -0.1) is 0 Å². The van der Waals surface area contributed by atoms with Gasteiger partial charge in [-0.05, 0) is 47.5 Å². The van der Waals surface area contributed by atoms with E-state index in [1.807, 2.05) is 24.3 Å². The van der Waals surface area contributed by atoms with Gasteiger partial charge in [0, 0.05) is 17.4 Å². The van der Waals surface area contributed by atoms with E-state index in [4.69, 9.17) is 4.74 Å². The van der Waals surface area contributed by atoms with Gasteiger partial charge in [0.05, 0.1) is 11.1 Å². The van der Waals surface area contributed by atoms with Crippen molar-refractivity contribution in [3.05, 3.63) is 99.5 Å². The Kier molecular flexibility index (Phi) is 7.69. The normalized spacial score (nSPS) is 11.1. The molecule has 3 aromatic carbocycles. The first kappa shape index (κ1) is 23.5. The van der Waals surface area contributed by atoms with Crippen molar-refractivity contribution in [1.29, 1.82) is 0 Å². The minimum Gasteiger partial charge on any atom is -0.485 e. The highest BCUT2D eigenvalue weighted by Gasteiger charge is 2.29. The van der Waals surface area contributed by atoms with E-state index in [1.165, 1.54) is 12.1 Å². The van der Waals surface area contributed by atoms with E-state index >= 15 is 0 Å². The summed E-state index contributed by atoms with van der Waals surface area (Å²) in [5, 5.41) is 2.66. The molecule has 4 nitrogen and oxygen atoms in total. The van der Waals surface area contributed by atoms with E-state index in [-0.39, 0.29) is 36.7 Å². The lowest BCUT2D eigenvalue weighted by Gasteiger charge is -2.12. The summed E-state index contributed by atoms with van der Waals surface area (Å²) < 4.78 is 44.5. The molecule has 3 rings (SSSR count). The van der Waals surface area contributed by atoms with Gasteiger partial charge < -0.3 is 10.1 Å². The molecule has 0 aliphatic heterocycles. The van der Waals surface area contributed by atoms with Crippen LogP contribution < -0.4 is 10.1 Å². The van der Waals surface area contributed by atoms with Crippen LogP contribution in [0.4, 0.5) is 13.2 Å². The van der Waals surface area contributed by atoms with Gasteiger partial charge in [0.2, 0.25) is 0 Å². The zero-order valence-electron chi connectivity index (χ0n) is 16.8. The molecule has 0 heterocycles. The smallest absolute Gasteiger partial charge is 0.416 e. The summed E-state index contributed by atoms with van der Waals surface area (Å²) in [7, 11) is 0. The Hall–Kier alpha value is -3.13. The Morgan fingerprint density at radius 2 is 1.50 bits per heavy atom. The fourth-order valence-electron chi connectivity index (χ4n) is 2.91. The monoisotopic (exact) mass is 505 g/mol. The Balaban J connectivity index is 1.57. The van der Waals surface area contributed by atoms with Gasteiger partial charge in [-0.2, -0.15) is 13.2 Å². The second-order valence-electron chi connectivity index (χ2n) is 7.00. The van der Waals surface area contributed by atoms with Crippen LogP contribution in [-0.4, -0.2) is 18.3 Å². The summed E-state index contributed by atoms with van der Waals surface area (Å²) in [6.07, 6.45) is -4.21. The fraction of sp³-hybridized carbons (Fsp3) is 0.167. The van der Waals surface area contributed by atoms with Gasteiger partial charge in [0.25, 0.3) is 5.91 Å². The molecule has 0 aliphatic rings. The lowest BCUT2D eigenvalue weighted by atomic mass is 10.1. The van der Waals surface area contributed by atoms with Crippen molar-refractivity contribution in [3.63, 3.8) is 0 Å². The van der Waals surface area contributed by atoms with Crippen LogP contribution in [-0.2, 0) is 23.9 Å². The first-order chi connectivity index (χ1) is 15.2. The van der Waals surface area contributed by atoms with Crippen LogP contribution in [0.15, 0.2) is 77.3 Å². The molecule has 0 radical (unpaired) electrons. The van der Waals surface area contributed by atoms with Crippen molar-refractivity contribution in [2.45, 2.75) is 19.1 Å². The molecule has 0 aliphatic carbocycles. The number of Topliss-reactive ketones (excluding diaryl/α,β-unsaturated/α-hetero) is 1. The average Bonchev–Trinajstić information content (AvgIpc) is 2.77. The van der Waals surface area contributed by atoms with Gasteiger partial charge in [0.15, 0.2) is 5.78 Å². The van der Waals surface area contributed by atoms with Crippen molar-refractivity contribution >= 4 is 27.6 Å². The van der Waals surface area contributed by atoms with Crippen LogP contribution >= 0.6 is 15.9 Å². The van der Waals surface area contributed by atoms with Crippen LogP contribution in [0.1, 0.15) is 27.0 Å². The molecule has 166 valence electrons. The first-order valence-electron chi connectivity index (χ1n) is 9.64. The SMILES string of the molecule is O=C(COc1ccccc1C(=O)NCc1ccc(C(F)(F)F)cc1)Cc1ccc(Br)cc1. The fourth-order valence-corrected chi connectivity index (χ4v) is 3.17. The van der Waals surface area contributed by atoms with E-state index in [0.29, 0.717) is 5.56 Å². The zero-order valence-corrected chi connectivity index (χ0v) is 18.4. The minimum absolute atomic E-state index is 0.0494. The number of rotatable bonds is 8. The van der Waals surface area contributed by atoms with E-state index in [2.05, 4.69) is 21.2 Å². The summed E-state index contributed by atoms with van der Waals surface area (Å²) in [6.45, 7) is -0.146. The number of benzene rings is 3. The summed E-state index contributed by atoms with van der Waals surface area (Å²) in [6, 6.07) is 18.4. The average molecular weight is 506 g/mol. The number of ether oxygens (including phenoxy) is 1. The third-order valence-electron chi connectivity index (χ3n) is 4.57. The van der Waals surface area contributed by atoms with Crippen LogP contribution in [0.3, 0.4) is 0 Å². The number of ketones is 1. The second-order valence-corrected chi connectivity index (χ2v) is 7.92. The van der Waals surface area contributed by atoms with Crippen LogP contribution in [0, 0.1) is 0 Å². The Bertz CT molecular complexity index is 1080. The third-order valence-corrected chi connectivity index (χ3v) is 5.10. The highest BCUT2D eigenvalue weighted by Crippen LogP contribution is 2.29. The van der Waals surface area contributed by atoms with Crippen LogP contribution in [0.2, 0.25) is 0 Å². The second kappa shape index (κ2) is 10.5. The number of carbonyl (C=O) groups is 2. The van der Waals surface area contributed by atoms with Gasteiger partial charge in [-0.25, -0.2) is 0 Å². The van der Waals surface area contributed by atoms with Crippen LogP contribution in [0.25, 0.3) is 0 Å². The maximum Gasteiger partial charge on any atom is 0.416 e. The van der Waals surface area contributed by atoms with Gasteiger partial charge in [-0.1, -0.05) is 52.3 Å². The molecule has 3 aromatic rings. The van der Waals surface area contributed by atoms with Crippen molar-refractivity contribution in [1.82, 2.24) is 5.32 Å². The largest absolute Gasteiger partial charge is 0.485 e. The maximum absolute atomic E-state index is 12.7. The molecular weight excluding hydrogens is 487 g/mol. The number of hydrogen-bond donors (Lipinski definition) is 1. The summed E-state index contributed by atoms with van der Waals surface area (Å²) >= 11 is 3.34. The molecule has 1 N–H and O–H groups in total. The van der Waals surface area contributed by atoms with Gasteiger partial charge >= 0.3 is 6.18 Å². The molecule has 0 saturated heterocycles. The predicted molar refractivity (Wildman–Crippen MR) is 117 cm³/mol. The number of para-hydroxylation sites is 1. The predicted octanol–water partition coefficient (Wildman–Crippen LogP) is 5.59. The van der Waals surface area contributed by atoms with Crippen molar-refractivity contribution in [2.24, 2.45) is 0 Å². The molecule has 0 aromatic heterocycles. The quantitative estimate of drug-likeness (QED) is 0.434. The molecule has 8 heteroatoms. The van der Waals surface area contributed by atoms with Crippen LogP contribution in [0.5, 0.6) is 5.75 Å². The standard InChI is InChI=1S/C24H19BrF3NO3/c25-19-11-7-16(8-12-19)13-20(30)15-32-22-4-2-1-3-21(22)23(31)29-14-17-5-9-18(10-6-17)24(26,27)28/h1-12H,13-15H2,(H,29,31). The lowest BCUT2D eigenvalue weighted by molar-refractivity contribution is -0.137. The molecule has 32 heavy (non-hydrogen) atoms. The molecular formula is C24H19BrF3NO3. The maximum atomic E-state index is 12.7. The highest BCUT2D eigenvalue weighted by molar-refractivity contribution is 9.10. The molecule has 0 bridgehead atoms. The zero-order chi connectivity index (χ0) is 23.1. The van der Waals surface area contributed by atoms with E-state index < -0.39 is 17.6 Å². The number of carbonyl (C=O) groups excluding carboxylic acids is 2. The van der Waals surface area contributed by atoms with Gasteiger partial charge in [-0.3, -0.25) is 9.59 Å². The molecule has 1 amide bonds. The first-order valence-corrected chi connectivity index (χ1v) is 10.4. The minimum atomic E-state index is -4.41. The lowest BCUT2D eigenvalue weighted by Crippen LogP contribution is -2.24. The molecule has 0 atom stereocenters. The molecule has 0 fully saturated rings. The summed E-state index contributed by atoms with van der Waals surface area (Å²) in [4.78, 5) is 24.8. The van der Waals surface area contributed by atoms with E-state index in [9.17, 15) is 22.8 Å². The molecule has 0 spiro atoms. The Morgan fingerprint density at radius 3 is 2.16 bits per heavy atom. The topological polar surface area (TPSA) is 55.4 Å². The molecule has 0 unspecified atom stereocenters. The van der Waals surface area contributed by atoms with Crippen molar-refractivity contribution in [3.8, 4) is 5.75 Å². The highest BCUT2D eigenvalue weighted by atomic mass is 79.9. The number of alkyl halides is 3. The number of nitrogens with one attached hydrogen (secondary N) is 1. The van der Waals surface area contributed by atoms with E-state index in [0.717, 1.165) is 22.2 Å². The number of amides is 1. The van der Waals surface area contributed by atoms with Crippen molar-refractivity contribution < 1.29 is 27.5 Å². The Labute approximate surface area is 191 Å². The van der Waals surface area contributed by atoms with E-state index in [1.54, 1.807) is 24.3 Å². The van der Waals surface area contributed by atoms with Gasteiger partial charge in [0.1, 0.15) is 12.4 Å². The molecule has 0 saturated carbocycles. The summed E-state index contributed by atoms with van der Waals surface area (Å²) in [5.41, 5.74) is 0.855.